The predicted octanol–water partition coefficient (Wildman–Crippen LogP) is 3.85. The molecule has 5 nitrogen and oxygen atoms in total. The SMILES string of the molecule is Cc1c(Cc2ccccc2)c(=O)oc2c(C)c(O[C@@H](C)C(=O)O)ccc12. The van der Waals surface area contributed by atoms with E-state index in [-0.39, 0.29) is 5.63 Å². The molecule has 0 aliphatic carbocycles. The minimum Gasteiger partial charge on any atom is -0.479 e. The van der Waals surface area contributed by atoms with E-state index >= 15 is 0 Å². The van der Waals surface area contributed by atoms with E-state index in [1.54, 1.807) is 19.1 Å². The van der Waals surface area contributed by atoms with Gasteiger partial charge in [-0.3, -0.25) is 0 Å². The van der Waals surface area contributed by atoms with Crippen molar-refractivity contribution < 1.29 is 19.1 Å². The Bertz CT molecular complexity index is 1020. The Balaban J connectivity index is 2.07. The molecule has 0 bridgehead atoms. The van der Waals surface area contributed by atoms with Crippen LogP contribution >= 0.6 is 0 Å². The highest BCUT2D eigenvalue weighted by Gasteiger charge is 2.18. The summed E-state index contributed by atoms with van der Waals surface area (Å²) in [4.78, 5) is 23.6. The molecule has 0 amide bonds. The summed E-state index contributed by atoms with van der Waals surface area (Å²) >= 11 is 0. The van der Waals surface area contributed by atoms with Gasteiger partial charge < -0.3 is 14.3 Å². The highest BCUT2D eigenvalue weighted by Crippen LogP contribution is 2.30. The Labute approximate surface area is 150 Å². The van der Waals surface area contributed by atoms with Gasteiger partial charge >= 0.3 is 11.6 Å². The van der Waals surface area contributed by atoms with Crippen LogP contribution in [-0.2, 0) is 11.2 Å². The second kappa shape index (κ2) is 7.04. The molecule has 134 valence electrons. The molecule has 1 aromatic heterocycles. The predicted molar refractivity (Wildman–Crippen MR) is 98.9 cm³/mol. The van der Waals surface area contributed by atoms with Crippen LogP contribution in [0.25, 0.3) is 11.0 Å². The number of aliphatic carboxylic acids is 1. The van der Waals surface area contributed by atoms with E-state index in [1.807, 2.05) is 37.3 Å². The molecule has 0 spiro atoms. The standard InChI is InChI=1S/C21H20O5/c1-12-16-9-10-18(25-14(3)20(22)23)13(2)19(16)26-21(24)17(12)11-15-7-5-4-6-8-15/h4-10,14H,11H2,1-3H3,(H,22,23)/t14-/m0/s1. The van der Waals surface area contributed by atoms with Crippen LogP contribution in [0, 0.1) is 13.8 Å². The number of aryl methyl sites for hydroxylation is 2. The molecule has 2 aromatic carbocycles. The average Bonchev–Trinajstić information content (AvgIpc) is 2.62. The monoisotopic (exact) mass is 352 g/mol. The number of carboxylic acids is 1. The highest BCUT2D eigenvalue weighted by molar-refractivity contribution is 5.86. The maximum Gasteiger partial charge on any atom is 0.344 e. The Hall–Kier alpha value is -3.08. The first-order chi connectivity index (χ1) is 12.4. The first kappa shape index (κ1) is 17.7. The van der Waals surface area contributed by atoms with Crippen LogP contribution in [0.4, 0.5) is 0 Å². The summed E-state index contributed by atoms with van der Waals surface area (Å²) in [6, 6.07) is 13.3. The Morgan fingerprint density at radius 2 is 1.81 bits per heavy atom. The summed E-state index contributed by atoms with van der Waals surface area (Å²) < 4.78 is 11.0. The van der Waals surface area contributed by atoms with Gasteiger partial charge in [0.25, 0.3) is 0 Å². The molecule has 0 fully saturated rings. The van der Waals surface area contributed by atoms with Crippen LogP contribution in [0.5, 0.6) is 5.75 Å². The molecular weight excluding hydrogens is 332 g/mol. The number of rotatable bonds is 5. The number of carboxylic acid groups (broad SMARTS) is 1. The Kier molecular flexibility index (Phi) is 4.80. The Morgan fingerprint density at radius 3 is 2.46 bits per heavy atom. The fraction of sp³-hybridized carbons (Fsp3) is 0.238. The third-order valence-electron chi connectivity index (χ3n) is 4.53. The zero-order valence-corrected chi connectivity index (χ0v) is 14.9. The molecule has 1 heterocycles. The zero-order valence-electron chi connectivity index (χ0n) is 14.9. The van der Waals surface area contributed by atoms with Crippen LogP contribution in [0.1, 0.15) is 29.2 Å². The number of benzene rings is 2. The van der Waals surface area contributed by atoms with Crippen molar-refractivity contribution in [3.63, 3.8) is 0 Å². The highest BCUT2D eigenvalue weighted by atomic mass is 16.5. The van der Waals surface area contributed by atoms with Crippen molar-refractivity contribution in [1.29, 1.82) is 0 Å². The summed E-state index contributed by atoms with van der Waals surface area (Å²) in [5.41, 5.74) is 3.18. The molecule has 3 aromatic rings. The van der Waals surface area contributed by atoms with Gasteiger partial charge in [0, 0.05) is 22.9 Å². The van der Waals surface area contributed by atoms with Gasteiger partial charge in [0.1, 0.15) is 11.3 Å². The fourth-order valence-corrected chi connectivity index (χ4v) is 2.94. The van der Waals surface area contributed by atoms with Crippen molar-refractivity contribution in [2.24, 2.45) is 0 Å². The minimum absolute atomic E-state index is 0.384. The van der Waals surface area contributed by atoms with Gasteiger partial charge in [0.15, 0.2) is 6.10 Å². The van der Waals surface area contributed by atoms with Crippen LogP contribution < -0.4 is 10.4 Å². The molecule has 0 unspecified atom stereocenters. The van der Waals surface area contributed by atoms with Gasteiger partial charge in [0.05, 0.1) is 0 Å². The number of fused-ring (bicyclic) bond motifs is 1. The maximum atomic E-state index is 12.6. The van der Waals surface area contributed by atoms with Crippen LogP contribution in [0.15, 0.2) is 51.7 Å². The van der Waals surface area contributed by atoms with E-state index in [1.165, 1.54) is 6.92 Å². The molecule has 0 saturated heterocycles. The van der Waals surface area contributed by atoms with Crippen molar-refractivity contribution in [2.45, 2.75) is 33.3 Å². The lowest BCUT2D eigenvalue weighted by Gasteiger charge is -2.15. The summed E-state index contributed by atoms with van der Waals surface area (Å²) in [5, 5.41) is 9.84. The molecule has 0 radical (unpaired) electrons. The van der Waals surface area contributed by atoms with E-state index in [9.17, 15) is 9.59 Å². The smallest absolute Gasteiger partial charge is 0.344 e. The number of hydrogen-bond donors (Lipinski definition) is 1. The molecule has 0 saturated carbocycles. The second-order valence-corrected chi connectivity index (χ2v) is 6.32. The van der Waals surface area contributed by atoms with Crippen LogP contribution in [0.2, 0.25) is 0 Å². The molecular formula is C21H20O5. The van der Waals surface area contributed by atoms with Gasteiger partial charge in [0.2, 0.25) is 0 Å². The quantitative estimate of drug-likeness (QED) is 0.706. The van der Waals surface area contributed by atoms with Gasteiger partial charge in [-0.2, -0.15) is 0 Å². The van der Waals surface area contributed by atoms with Crippen molar-refractivity contribution in [3.8, 4) is 5.75 Å². The lowest BCUT2D eigenvalue weighted by atomic mass is 9.98. The lowest BCUT2D eigenvalue weighted by Crippen LogP contribution is -2.23. The van der Waals surface area contributed by atoms with E-state index in [2.05, 4.69) is 0 Å². The lowest BCUT2D eigenvalue weighted by molar-refractivity contribution is -0.144. The molecule has 5 heteroatoms. The zero-order chi connectivity index (χ0) is 18.8. The van der Waals surface area contributed by atoms with E-state index in [4.69, 9.17) is 14.3 Å². The van der Waals surface area contributed by atoms with Gasteiger partial charge in [-0.1, -0.05) is 30.3 Å². The van der Waals surface area contributed by atoms with E-state index in [0.29, 0.717) is 28.9 Å². The molecule has 0 aliphatic rings. The largest absolute Gasteiger partial charge is 0.479 e. The van der Waals surface area contributed by atoms with E-state index in [0.717, 1.165) is 16.5 Å². The summed E-state index contributed by atoms with van der Waals surface area (Å²) in [6.07, 6.45) is -0.491. The molecule has 0 aliphatic heterocycles. The van der Waals surface area contributed by atoms with Crippen molar-refractivity contribution in [3.05, 3.63) is 75.1 Å². The normalized spacial score (nSPS) is 12.1. The average molecular weight is 352 g/mol. The fourth-order valence-electron chi connectivity index (χ4n) is 2.94. The summed E-state index contributed by atoms with van der Waals surface area (Å²) in [7, 11) is 0. The van der Waals surface area contributed by atoms with Gasteiger partial charge in [-0.15, -0.1) is 0 Å². The minimum atomic E-state index is -1.06. The molecule has 26 heavy (non-hydrogen) atoms. The number of carbonyl (C=O) groups is 1. The van der Waals surface area contributed by atoms with E-state index < -0.39 is 12.1 Å². The second-order valence-electron chi connectivity index (χ2n) is 6.32. The van der Waals surface area contributed by atoms with Crippen LogP contribution in [-0.4, -0.2) is 17.2 Å². The van der Waals surface area contributed by atoms with Crippen molar-refractivity contribution in [2.75, 3.05) is 0 Å². The first-order valence-electron chi connectivity index (χ1n) is 8.37. The van der Waals surface area contributed by atoms with Crippen molar-refractivity contribution in [1.82, 2.24) is 0 Å². The third-order valence-corrected chi connectivity index (χ3v) is 4.53. The number of hydrogen-bond acceptors (Lipinski definition) is 4. The van der Waals surface area contributed by atoms with Gasteiger partial charge in [-0.05, 0) is 44.0 Å². The number of ether oxygens (including phenoxy) is 1. The molecule has 1 N–H and O–H groups in total. The summed E-state index contributed by atoms with van der Waals surface area (Å²) in [5.74, 6) is -0.661. The summed E-state index contributed by atoms with van der Waals surface area (Å²) in [6.45, 7) is 5.11. The topological polar surface area (TPSA) is 76.7 Å². The molecule has 1 atom stereocenters. The van der Waals surface area contributed by atoms with Crippen LogP contribution in [0.3, 0.4) is 0 Å². The third kappa shape index (κ3) is 3.33. The van der Waals surface area contributed by atoms with Crippen molar-refractivity contribution >= 4 is 16.9 Å². The Morgan fingerprint density at radius 1 is 1.12 bits per heavy atom. The van der Waals surface area contributed by atoms with Gasteiger partial charge in [-0.25, -0.2) is 9.59 Å². The first-order valence-corrected chi connectivity index (χ1v) is 8.37. The maximum absolute atomic E-state index is 12.6. The molecule has 3 rings (SSSR count).